The van der Waals surface area contributed by atoms with E-state index < -0.39 is 17.5 Å². The van der Waals surface area contributed by atoms with Crippen molar-refractivity contribution in [2.24, 2.45) is 5.73 Å². The lowest BCUT2D eigenvalue weighted by molar-refractivity contribution is -0.143. The summed E-state index contributed by atoms with van der Waals surface area (Å²) in [5.74, 6) is -1.91. The van der Waals surface area contributed by atoms with Crippen molar-refractivity contribution in [3.63, 3.8) is 0 Å². The molecule has 35 heavy (non-hydrogen) atoms. The number of hydrogen-bond acceptors (Lipinski definition) is 6. The van der Waals surface area contributed by atoms with Crippen molar-refractivity contribution in [3.05, 3.63) is 95.1 Å². The van der Waals surface area contributed by atoms with Gasteiger partial charge in [0.1, 0.15) is 5.54 Å². The third-order valence-electron chi connectivity index (χ3n) is 5.79. The Kier molecular flexibility index (Phi) is 6.40. The number of carbonyl (C=O) groups excluding carboxylic acids is 2. The Morgan fingerprint density at radius 1 is 1.03 bits per heavy atom. The van der Waals surface area contributed by atoms with Gasteiger partial charge in [0.15, 0.2) is 0 Å². The first-order chi connectivity index (χ1) is 16.7. The van der Waals surface area contributed by atoms with Gasteiger partial charge in [-0.15, -0.1) is 0 Å². The highest BCUT2D eigenvalue weighted by atomic mass is 16.5. The van der Waals surface area contributed by atoms with Gasteiger partial charge in [-0.05, 0) is 49.2 Å². The molecule has 5 N–H and O–H groups in total. The van der Waals surface area contributed by atoms with Crippen LogP contribution in [0.4, 0.5) is 11.4 Å². The molecule has 8 heteroatoms. The minimum atomic E-state index is -1.53. The first-order valence-electron chi connectivity index (χ1n) is 11.0. The molecule has 0 radical (unpaired) electrons. The molecular formula is C27H25N3O5. The van der Waals surface area contributed by atoms with Gasteiger partial charge in [0.25, 0.3) is 5.91 Å². The van der Waals surface area contributed by atoms with Crippen molar-refractivity contribution in [2.45, 2.75) is 19.4 Å². The third kappa shape index (κ3) is 4.64. The first-order valence-corrected chi connectivity index (χ1v) is 11.0. The van der Waals surface area contributed by atoms with Gasteiger partial charge < -0.3 is 26.2 Å². The Morgan fingerprint density at radius 3 is 2.34 bits per heavy atom. The number of nitrogens with two attached hydrogens (primary N) is 1. The van der Waals surface area contributed by atoms with Crippen LogP contribution in [0.3, 0.4) is 0 Å². The van der Waals surface area contributed by atoms with Gasteiger partial charge in [0, 0.05) is 11.3 Å². The number of nitrogens with one attached hydrogen (secondary N) is 2. The molecule has 0 aromatic heterocycles. The smallest absolute Gasteiger partial charge is 0.338 e. The van der Waals surface area contributed by atoms with E-state index in [9.17, 15) is 19.5 Å². The monoisotopic (exact) mass is 471 g/mol. The number of amides is 1. The summed E-state index contributed by atoms with van der Waals surface area (Å²) in [4.78, 5) is 36.7. The molecule has 3 aromatic rings. The third-order valence-corrected chi connectivity index (χ3v) is 5.79. The summed E-state index contributed by atoms with van der Waals surface area (Å²) in [7, 11) is 0. The van der Waals surface area contributed by atoms with Gasteiger partial charge in [-0.3, -0.25) is 4.79 Å². The van der Waals surface area contributed by atoms with Gasteiger partial charge >= 0.3 is 11.9 Å². The molecule has 178 valence electrons. The Bertz CT molecular complexity index is 1330. The quantitative estimate of drug-likeness (QED) is 0.302. The molecule has 1 amide bonds. The van der Waals surface area contributed by atoms with Crippen LogP contribution in [-0.4, -0.2) is 29.6 Å². The second-order valence-corrected chi connectivity index (χ2v) is 8.26. The molecule has 0 saturated heterocycles. The molecule has 0 saturated carbocycles. The van der Waals surface area contributed by atoms with Crippen LogP contribution < -0.4 is 16.4 Å². The van der Waals surface area contributed by atoms with E-state index in [1.54, 1.807) is 49.4 Å². The van der Waals surface area contributed by atoms with E-state index in [1.807, 2.05) is 30.3 Å². The predicted octanol–water partition coefficient (Wildman–Crippen LogP) is 4.05. The van der Waals surface area contributed by atoms with Gasteiger partial charge in [-0.1, -0.05) is 48.5 Å². The van der Waals surface area contributed by atoms with Crippen LogP contribution in [0.2, 0.25) is 0 Å². The largest absolute Gasteiger partial charge is 0.480 e. The summed E-state index contributed by atoms with van der Waals surface area (Å²) < 4.78 is 5.06. The van der Waals surface area contributed by atoms with Crippen molar-refractivity contribution < 1.29 is 24.2 Å². The summed E-state index contributed by atoms with van der Waals surface area (Å²) in [6.45, 7) is 3.41. The molecule has 0 spiro atoms. The molecule has 4 rings (SSSR count). The average Bonchev–Trinajstić information content (AvgIpc) is 3.18. The number of rotatable bonds is 7. The van der Waals surface area contributed by atoms with Crippen molar-refractivity contribution in [3.8, 4) is 0 Å². The van der Waals surface area contributed by atoms with E-state index in [4.69, 9.17) is 10.5 Å². The Morgan fingerprint density at radius 2 is 1.71 bits per heavy atom. The van der Waals surface area contributed by atoms with Crippen LogP contribution in [0.5, 0.6) is 0 Å². The number of carboxylic acid groups (broad SMARTS) is 1. The van der Waals surface area contributed by atoms with E-state index in [0.29, 0.717) is 39.3 Å². The number of carboxylic acids is 1. The predicted molar refractivity (Wildman–Crippen MR) is 134 cm³/mol. The van der Waals surface area contributed by atoms with Gasteiger partial charge in [0.2, 0.25) is 0 Å². The van der Waals surface area contributed by atoms with Crippen molar-refractivity contribution in [1.82, 2.24) is 0 Å². The topological polar surface area (TPSA) is 131 Å². The fraction of sp³-hybridized carbons (Fsp3) is 0.148. The molecule has 3 aromatic carbocycles. The number of ether oxygens (including phenoxy) is 1. The standard InChI is InChI=1S/C27H25N3O5/c1-3-35-25(32)17-9-14-20-21(15-17)30-24(31)22(20)23(16-7-5-4-6-8-16)29-19-12-10-18(11-13-19)27(2,28)26(33)34/h4-15,29H,3,28H2,1-2H3,(H,30,31)(H,33,34)/b23-22-. The summed E-state index contributed by atoms with van der Waals surface area (Å²) in [5, 5.41) is 15.5. The first kappa shape index (κ1) is 23.7. The number of esters is 1. The molecule has 0 aliphatic carbocycles. The van der Waals surface area contributed by atoms with Crippen molar-refractivity contribution >= 4 is 40.5 Å². The normalized spacial score (nSPS) is 15.5. The maximum atomic E-state index is 13.1. The van der Waals surface area contributed by atoms with Crippen molar-refractivity contribution in [2.75, 3.05) is 17.2 Å². The molecule has 1 aliphatic rings. The van der Waals surface area contributed by atoms with Gasteiger partial charge in [-0.2, -0.15) is 0 Å². The van der Waals surface area contributed by atoms with Crippen LogP contribution in [-0.2, 0) is 19.9 Å². The van der Waals surface area contributed by atoms with E-state index in [-0.39, 0.29) is 12.5 Å². The number of carbonyl (C=O) groups is 3. The fourth-order valence-electron chi connectivity index (χ4n) is 3.81. The van der Waals surface area contributed by atoms with Crippen LogP contribution in [0.25, 0.3) is 11.3 Å². The molecule has 0 fully saturated rings. The van der Waals surface area contributed by atoms with E-state index in [0.717, 1.165) is 5.56 Å². The van der Waals surface area contributed by atoms with Crippen LogP contribution in [0.15, 0.2) is 72.8 Å². The molecule has 0 bridgehead atoms. The summed E-state index contributed by atoms with van der Waals surface area (Å²) in [6.07, 6.45) is 0. The highest BCUT2D eigenvalue weighted by Gasteiger charge is 2.31. The minimum absolute atomic E-state index is 0.254. The SMILES string of the molecule is CCOC(=O)c1ccc2c(c1)NC(=O)/C2=C(\Nc1ccc(C(C)(N)C(=O)O)cc1)c1ccccc1. The molecule has 1 unspecified atom stereocenters. The number of anilines is 2. The maximum Gasteiger partial charge on any atom is 0.338 e. The number of aliphatic carboxylic acids is 1. The number of fused-ring (bicyclic) bond motifs is 1. The molecule has 1 heterocycles. The zero-order valence-corrected chi connectivity index (χ0v) is 19.3. The zero-order chi connectivity index (χ0) is 25.2. The molecule has 1 aliphatic heterocycles. The van der Waals surface area contributed by atoms with E-state index >= 15 is 0 Å². The summed E-state index contributed by atoms with van der Waals surface area (Å²) in [5.41, 5.74) is 8.75. The van der Waals surface area contributed by atoms with Crippen molar-refractivity contribution in [1.29, 1.82) is 0 Å². The van der Waals surface area contributed by atoms with Crippen LogP contribution in [0, 0.1) is 0 Å². The minimum Gasteiger partial charge on any atom is -0.480 e. The zero-order valence-electron chi connectivity index (χ0n) is 19.3. The van der Waals surface area contributed by atoms with E-state index in [2.05, 4.69) is 10.6 Å². The van der Waals surface area contributed by atoms with Gasteiger partial charge in [-0.25, -0.2) is 9.59 Å². The lowest BCUT2D eigenvalue weighted by atomic mass is 9.93. The lowest BCUT2D eigenvalue weighted by Gasteiger charge is -2.20. The number of benzene rings is 3. The lowest BCUT2D eigenvalue weighted by Crippen LogP contribution is -2.41. The Hall–Kier alpha value is -4.43. The summed E-state index contributed by atoms with van der Waals surface area (Å²) in [6, 6.07) is 21.0. The Balaban J connectivity index is 1.78. The summed E-state index contributed by atoms with van der Waals surface area (Å²) >= 11 is 0. The highest BCUT2D eigenvalue weighted by molar-refractivity contribution is 6.37. The Labute approximate surface area is 202 Å². The van der Waals surface area contributed by atoms with E-state index in [1.165, 1.54) is 6.92 Å². The highest BCUT2D eigenvalue weighted by Crippen LogP contribution is 2.38. The second kappa shape index (κ2) is 9.44. The molecule has 8 nitrogen and oxygen atoms in total. The number of hydrogen-bond donors (Lipinski definition) is 4. The average molecular weight is 472 g/mol. The van der Waals surface area contributed by atoms with Crippen LogP contribution >= 0.6 is 0 Å². The maximum absolute atomic E-state index is 13.1. The van der Waals surface area contributed by atoms with Gasteiger partial charge in [0.05, 0.1) is 29.1 Å². The molecule has 1 atom stereocenters. The van der Waals surface area contributed by atoms with Crippen LogP contribution in [0.1, 0.15) is 40.9 Å². The molecular weight excluding hydrogens is 446 g/mol. The second-order valence-electron chi connectivity index (χ2n) is 8.26. The fourth-order valence-corrected chi connectivity index (χ4v) is 3.81.